The number of hydrogen-bond acceptors (Lipinski definition) is 9. The van der Waals surface area contributed by atoms with Crippen LogP contribution in [0.4, 0.5) is 0 Å². The van der Waals surface area contributed by atoms with Gasteiger partial charge in [0, 0.05) is 0 Å². The van der Waals surface area contributed by atoms with Crippen molar-refractivity contribution < 1.29 is 31.6 Å². The second-order valence-corrected chi connectivity index (χ2v) is 1.98. The summed E-state index contributed by atoms with van der Waals surface area (Å²) in [5.74, 6) is 0. The molecule has 6 N–H and O–H groups in total. The van der Waals surface area contributed by atoms with Gasteiger partial charge in [-0.15, -0.1) is 10.1 Å². The maximum Gasteiger partial charge on any atom is 0.295 e. The number of hydrogen-bond donors (Lipinski definition) is 2. The molecule has 17 heavy (non-hydrogen) atoms. The predicted molar refractivity (Wildman–Crippen MR) is 48.1 cm³/mol. The normalized spacial score (nSPS) is 7.94. The molecule has 0 saturated heterocycles. The Kier molecular flexibility index (Phi) is 15.9. The molecule has 0 atom stereocenters. The Hall–Kier alpha value is -2.48. The molecule has 0 aromatic heterocycles. The quantitative estimate of drug-likeness (QED) is 0.377. The van der Waals surface area contributed by atoms with Gasteiger partial charge in [0.25, 0.3) is 5.09 Å². The van der Waals surface area contributed by atoms with Crippen LogP contribution in [-0.4, -0.2) is 34.5 Å². The minimum Gasteiger partial charge on any atom is -0.356 e. The summed E-state index contributed by atoms with van der Waals surface area (Å²) < 4.78 is 0. The smallest absolute Gasteiger partial charge is 0.295 e. The summed E-state index contributed by atoms with van der Waals surface area (Å²) in [7, 11) is 0. The summed E-state index contributed by atoms with van der Waals surface area (Å²) in [6.45, 7) is 0.759. The summed E-state index contributed by atoms with van der Waals surface area (Å²) in [5.41, 5.74) is 6.88. The fourth-order valence-electron chi connectivity index (χ4n) is 0.371. The Balaban J connectivity index is -0.000000205. The Morgan fingerprint density at radius 1 is 0.882 bits per heavy atom. The standard InChI is InChI=1S/C3H9N3O3.2NO3/c4-1-3(2-5)9-6(7)8;2*2-1(3)4/h3H,1-2,4-5H2;;/q;2*-1/p+2. The van der Waals surface area contributed by atoms with Crippen LogP contribution in [0.5, 0.6) is 0 Å². The minimum absolute atomic E-state index is 0.379. The van der Waals surface area contributed by atoms with E-state index < -0.39 is 21.4 Å². The average molecular weight is 261 g/mol. The second-order valence-electron chi connectivity index (χ2n) is 1.98. The highest BCUT2D eigenvalue weighted by Gasteiger charge is 2.11. The molecule has 0 aliphatic heterocycles. The Labute approximate surface area is 92.7 Å². The molecule has 0 aromatic carbocycles. The minimum atomic E-state index is -1.75. The summed E-state index contributed by atoms with van der Waals surface area (Å²) in [4.78, 5) is 30.3. The zero-order chi connectivity index (χ0) is 14.4. The predicted octanol–water partition coefficient (Wildman–Crippen LogP) is -3.43. The van der Waals surface area contributed by atoms with Crippen molar-refractivity contribution in [2.45, 2.75) is 6.10 Å². The number of nitrogens with zero attached hydrogens (tertiary/aromatic N) is 3. The van der Waals surface area contributed by atoms with E-state index >= 15 is 0 Å². The SMILES string of the molecule is O=[N+]([O-])[O-].O=[N+]([O-])[O-].[NH3+]CC(C[NH3+])O[N+](=O)[O-]. The molecular formula is C3H11N5O9. The zero-order valence-corrected chi connectivity index (χ0v) is 8.42. The second kappa shape index (κ2) is 13.5. The lowest BCUT2D eigenvalue weighted by molar-refractivity contribution is -0.777. The first-order valence-electron chi connectivity index (χ1n) is 3.70. The van der Waals surface area contributed by atoms with Gasteiger partial charge in [-0.25, -0.2) is 0 Å². The molecule has 0 bridgehead atoms. The topological polar surface area (TPSA) is 240 Å². The number of quaternary nitrogens is 2. The molecule has 102 valence electrons. The molecular weight excluding hydrogens is 250 g/mol. The first-order valence-corrected chi connectivity index (χ1v) is 3.70. The van der Waals surface area contributed by atoms with Crippen LogP contribution >= 0.6 is 0 Å². The number of rotatable bonds is 4. The van der Waals surface area contributed by atoms with Crippen molar-refractivity contribution in [2.24, 2.45) is 0 Å². The third kappa shape index (κ3) is 58.9. The van der Waals surface area contributed by atoms with Crippen molar-refractivity contribution in [1.82, 2.24) is 0 Å². The van der Waals surface area contributed by atoms with Crippen LogP contribution < -0.4 is 11.5 Å². The van der Waals surface area contributed by atoms with Crippen LogP contribution in [0.1, 0.15) is 0 Å². The summed E-state index contributed by atoms with van der Waals surface area (Å²) in [6.07, 6.45) is -0.444. The van der Waals surface area contributed by atoms with E-state index in [9.17, 15) is 10.1 Å². The lowest BCUT2D eigenvalue weighted by Gasteiger charge is -2.03. The Morgan fingerprint density at radius 3 is 1.18 bits per heavy atom. The van der Waals surface area contributed by atoms with E-state index in [2.05, 4.69) is 16.3 Å². The summed E-state index contributed by atoms with van der Waals surface area (Å²) in [6, 6.07) is 0. The molecule has 0 spiro atoms. The van der Waals surface area contributed by atoms with E-state index in [1.165, 1.54) is 0 Å². The van der Waals surface area contributed by atoms with E-state index in [0.29, 0.717) is 13.1 Å². The van der Waals surface area contributed by atoms with Gasteiger partial charge >= 0.3 is 0 Å². The molecule has 0 aromatic rings. The molecule has 0 fully saturated rings. The van der Waals surface area contributed by atoms with Crippen LogP contribution in [0.2, 0.25) is 0 Å². The summed E-state index contributed by atoms with van der Waals surface area (Å²) in [5, 5.41) is 38.3. The van der Waals surface area contributed by atoms with Gasteiger partial charge in [-0.05, 0) is 0 Å². The fourth-order valence-corrected chi connectivity index (χ4v) is 0.371. The third-order valence-corrected chi connectivity index (χ3v) is 0.879. The highest BCUT2D eigenvalue weighted by molar-refractivity contribution is 4.44. The third-order valence-electron chi connectivity index (χ3n) is 0.879. The van der Waals surface area contributed by atoms with E-state index in [4.69, 9.17) is 30.6 Å². The van der Waals surface area contributed by atoms with Crippen molar-refractivity contribution in [3.8, 4) is 0 Å². The lowest BCUT2D eigenvalue weighted by atomic mass is 10.4. The Morgan fingerprint density at radius 2 is 1.12 bits per heavy atom. The largest absolute Gasteiger partial charge is 0.356 e. The Bertz CT molecular complexity index is 209. The molecule has 0 rings (SSSR count). The first kappa shape index (κ1) is 20.0. The van der Waals surface area contributed by atoms with Crippen LogP contribution in [0.3, 0.4) is 0 Å². The van der Waals surface area contributed by atoms with Gasteiger partial charge in [-0.2, -0.15) is 0 Å². The van der Waals surface area contributed by atoms with Gasteiger partial charge in [0.15, 0.2) is 0 Å². The van der Waals surface area contributed by atoms with Crippen molar-refractivity contribution >= 4 is 0 Å². The van der Waals surface area contributed by atoms with Crippen molar-refractivity contribution in [2.75, 3.05) is 13.1 Å². The highest BCUT2D eigenvalue weighted by atomic mass is 17.0. The van der Waals surface area contributed by atoms with E-state index in [0.717, 1.165) is 0 Å². The van der Waals surface area contributed by atoms with Crippen LogP contribution in [0.15, 0.2) is 0 Å². The van der Waals surface area contributed by atoms with Crippen LogP contribution in [0.25, 0.3) is 0 Å². The summed E-state index contributed by atoms with van der Waals surface area (Å²) >= 11 is 0. The van der Waals surface area contributed by atoms with E-state index in [1.54, 1.807) is 0 Å². The van der Waals surface area contributed by atoms with Crippen LogP contribution in [-0.2, 0) is 4.84 Å². The maximum atomic E-state index is 9.66. The van der Waals surface area contributed by atoms with Gasteiger partial charge in [0.1, 0.15) is 13.1 Å². The van der Waals surface area contributed by atoms with Gasteiger partial charge in [-0.3, -0.25) is 4.84 Å². The average Bonchev–Trinajstić information content (AvgIpc) is 2.12. The maximum absolute atomic E-state index is 9.66. The van der Waals surface area contributed by atoms with E-state index in [1.807, 2.05) is 0 Å². The lowest BCUT2D eigenvalue weighted by Crippen LogP contribution is -2.65. The molecule has 0 saturated carbocycles. The monoisotopic (exact) mass is 261 g/mol. The highest BCUT2D eigenvalue weighted by Crippen LogP contribution is 1.82. The molecule has 0 aliphatic carbocycles. The van der Waals surface area contributed by atoms with Gasteiger partial charge in [0.05, 0.1) is 10.2 Å². The fraction of sp³-hybridized carbons (Fsp3) is 1.00. The van der Waals surface area contributed by atoms with Crippen molar-refractivity contribution in [1.29, 1.82) is 0 Å². The van der Waals surface area contributed by atoms with Gasteiger partial charge < -0.3 is 42.1 Å². The first-order chi connectivity index (χ1) is 7.67. The molecule has 0 aliphatic rings. The molecule has 0 unspecified atom stereocenters. The molecule has 0 radical (unpaired) electrons. The van der Waals surface area contributed by atoms with Gasteiger partial charge in [0.2, 0.25) is 6.10 Å². The van der Waals surface area contributed by atoms with E-state index in [-0.39, 0.29) is 0 Å². The van der Waals surface area contributed by atoms with Gasteiger partial charge in [-0.1, -0.05) is 0 Å². The van der Waals surface area contributed by atoms with Crippen molar-refractivity contribution in [3.05, 3.63) is 40.8 Å². The molecule has 14 nitrogen and oxygen atoms in total. The molecule has 0 amide bonds. The van der Waals surface area contributed by atoms with Crippen LogP contribution in [0, 0.1) is 40.8 Å². The molecule has 14 heteroatoms. The zero-order valence-electron chi connectivity index (χ0n) is 8.42. The molecule has 0 heterocycles. The van der Waals surface area contributed by atoms with Crippen molar-refractivity contribution in [3.63, 3.8) is 0 Å².